The Morgan fingerprint density at radius 2 is 1.78 bits per heavy atom. The highest BCUT2D eigenvalue weighted by Gasteiger charge is 2.29. The van der Waals surface area contributed by atoms with Gasteiger partial charge in [-0.05, 0) is 53.3 Å². The van der Waals surface area contributed by atoms with E-state index in [2.05, 4.69) is 55.2 Å². The van der Waals surface area contributed by atoms with Crippen LogP contribution in [0.3, 0.4) is 0 Å². The van der Waals surface area contributed by atoms with Gasteiger partial charge in [0.15, 0.2) is 0 Å². The molecule has 0 aliphatic carbocycles. The van der Waals surface area contributed by atoms with E-state index in [-0.39, 0.29) is 0 Å². The first-order valence-corrected chi connectivity index (χ1v) is 9.97. The molecule has 1 heterocycles. The number of fused-ring (bicyclic) bond motifs is 1. The quantitative estimate of drug-likeness (QED) is 0.541. The molecule has 140 valence electrons. The number of thioether (sulfide) groups is 1. The summed E-state index contributed by atoms with van der Waals surface area (Å²) in [6.07, 6.45) is 4.31. The van der Waals surface area contributed by atoms with Crippen LogP contribution in [0.4, 0.5) is 0 Å². The Bertz CT molecular complexity index is 979. The van der Waals surface area contributed by atoms with Crippen LogP contribution in [0, 0.1) is 0 Å². The number of carboxylic acid groups (broad SMARTS) is 1. The summed E-state index contributed by atoms with van der Waals surface area (Å²) in [6, 6.07) is 14.8. The van der Waals surface area contributed by atoms with Crippen molar-refractivity contribution in [2.24, 2.45) is 0 Å². The number of hydrogen-bond acceptors (Lipinski definition) is 3. The zero-order chi connectivity index (χ0) is 19.6. The lowest BCUT2D eigenvalue weighted by molar-refractivity contribution is -0.138. The van der Waals surface area contributed by atoms with E-state index in [1.807, 2.05) is 12.3 Å². The van der Waals surface area contributed by atoms with Crippen molar-refractivity contribution < 1.29 is 9.90 Å². The molecule has 0 amide bonds. The van der Waals surface area contributed by atoms with E-state index in [1.165, 1.54) is 33.7 Å². The molecule has 0 radical (unpaired) electrons. The highest BCUT2D eigenvalue weighted by molar-refractivity contribution is 8.01. The third kappa shape index (κ3) is 4.16. The molecule has 2 aromatic carbocycles. The molecular weight excluding hydrogens is 354 g/mol. The lowest BCUT2D eigenvalue weighted by Gasteiger charge is -2.20. The number of carbonyl (C=O) groups is 1. The van der Waals surface area contributed by atoms with Gasteiger partial charge in [-0.2, -0.15) is 0 Å². The fourth-order valence-electron chi connectivity index (χ4n) is 3.21. The Morgan fingerprint density at radius 3 is 2.44 bits per heavy atom. The van der Waals surface area contributed by atoms with Crippen LogP contribution in [0.5, 0.6) is 0 Å². The molecule has 0 spiro atoms. The molecule has 4 heteroatoms. The topological polar surface area (TPSA) is 50.2 Å². The molecule has 1 N–H and O–H groups in total. The molecule has 0 bridgehead atoms. The normalized spacial score (nSPS) is 11.9. The molecule has 27 heavy (non-hydrogen) atoms. The van der Waals surface area contributed by atoms with Crippen molar-refractivity contribution in [3.05, 3.63) is 71.5 Å². The first-order chi connectivity index (χ1) is 12.8. The summed E-state index contributed by atoms with van der Waals surface area (Å²) in [4.78, 5) is 16.8. The van der Waals surface area contributed by atoms with E-state index in [4.69, 9.17) is 0 Å². The number of hydrogen-bond donors (Lipinski definition) is 1. The van der Waals surface area contributed by atoms with Gasteiger partial charge in [0.05, 0.1) is 0 Å². The second-order valence-corrected chi connectivity index (χ2v) is 9.26. The van der Waals surface area contributed by atoms with Gasteiger partial charge in [0.2, 0.25) is 0 Å². The van der Waals surface area contributed by atoms with Crippen molar-refractivity contribution in [3.8, 4) is 0 Å². The Hall–Kier alpha value is -2.33. The fraction of sp³-hybridized carbons (Fsp3) is 0.304. The number of carboxylic acids is 1. The summed E-state index contributed by atoms with van der Waals surface area (Å²) < 4.78 is -0.889. The van der Waals surface area contributed by atoms with Gasteiger partial charge in [0, 0.05) is 23.7 Å². The lowest BCUT2D eigenvalue weighted by atomic mass is 9.91. The number of aromatic nitrogens is 1. The minimum absolute atomic E-state index is 0.463. The van der Waals surface area contributed by atoms with Crippen LogP contribution in [0.2, 0.25) is 0 Å². The van der Waals surface area contributed by atoms with Gasteiger partial charge < -0.3 is 5.11 Å². The average Bonchev–Trinajstić information content (AvgIpc) is 2.63. The lowest BCUT2D eigenvalue weighted by Crippen LogP contribution is -2.27. The molecule has 0 fully saturated rings. The van der Waals surface area contributed by atoms with Gasteiger partial charge in [0.1, 0.15) is 4.75 Å². The largest absolute Gasteiger partial charge is 0.480 e. The maximum Gasteiger partial charge on any atom is 0.319 e. The zero-order valence-corrected chi connectivity index (χ0v) is 17.0. The van der Waals surface area contributed by atoms with Crippen molar-refractivity contribution >= 4 is 28.5 Å². The molecule has 0 aliphatic rings. The monoisotopic (exact) mass is 379 g/mol. The SMILES string of the molecule is CC(C)c1ccc(Cc2cnccc2SC(C)(C)C(=O)O)c2ccccc12. The molecular formula is C23H25NO2S. The molecule has 1 aromatic heterocycles. The Kier molecular flexibility index (Phi) is 5.56. The molecule has 3 nitrogen and oxygen atoms in total. The highest BCUT2D eigenvalue weighted by Crippen LogP contribution is 2.36. The van der Waals surface area contributed by atoms with Crippen molar-refractivity contribution in [2.75, 3.05) is 0 Å². The molecule has 0 saturated heterocycles. The van der Waals surface area contributed by atoms with Crippen LogP contribution in [0.15, 0.2) is 59.8 Å². The fourth-order valence-corrected chi connectivity index (χ4v) is 4.23. The van der Waals surface area contributed by atoms with Gasteiger partial charge in [-0.1, -0.05) is 50.2 Å². The minimum atomic E-state index is -0.889. The first-order valence-electron chi connectivity index (χ1n) is 9.15. The minimum Gasteiger partial charge on any atom is -0.480 e. The number of pyridine rings is 1. The van der Waals surface area contributed by atoms with Crippen molar-refractivity contribution in [1.82, 2.24) is 4.98 Å². The Balaban J connectivity index is 2.02. The number of nitrogens with zero attached hydrogens (tertiary/aromatic N) is 1. The first kappa shape index (κ1) is 19.4. The van der Waals surface area contributed by atoms with Crippen LogP contribution < -0.4 is 0 Å². The number of benzene rings is 2. The Labute approximate surface area is 164 Å². The van der Waals surface area contributed by atoms with Gasteiger partial charge in [-0.3, -0.25) is 9.78 Å². The molecule has 3 rings (SSSR count). The average molecular weight is 380 g/mol. The molecule has 3 aromatic rings. The third-order valence-electron chi connectivity index (χ3n) is 4.79. The molecule has 0 atom stereocenters. The van der Waals surface area contributed by atoms with Crippen LogP contribution >= 0.6 is 11.8 Å². The predicted octanol–water partition coefficient (Wildman–Crippen LogP) is 5.90. The predicted molar refractivity (Wildman–Crippen MR) is 113 cm³/mol. The smallest absolute Gasteiger partial charge is 0.319 e. The van der Waals surface area contributed by atoms with E-state index in [0.29, 0.717) is 5.92 Å². The van der Waals surface area contributed by atoms with E-state index in [0.717, 1.165) is 16.9 Å². The summed E-state index contributed by atoms with van der Waals surface area (Å²) >= 11 is 1.37. The van der Waals surface area contributed by atoms with E-state index >= 15 is 0 Å². The molecule has 0 aliphatic heterocycles. The summed E-state index contributed by atoms with van der Waals surface area (Å²) in [7, 11) is 0. The van der Waals surface area contributed by atoms with E-state index in [1.54, 1.807) is 20.0 Å². The maximum atomic E-state index is 11.5. The van der Waals surface area contributed by atoms with Gasteiger partial charge >= 0.3 is 5.97 Å². The van der Waals surface area contributed by atoms with Crippen molar-refractivity contribution in [2.45, 2.75) is 49.7 Å². The van der Waals surface area contributed by atoms with Gasteiger partial charge in [0.25, 0.3) is 0 Å². The van der Waals surface area contributed by atoms with E-state index in [9.17, 15) is 9.90 Å². The van der Waals surface area contributed by atoms with Crippen molar-refractivity contribution in [1.29, 1.82) is 0 Å². The van der Waals surface area contributed by atoms with Crippen LogP contribution in [-0.4, -0.2) is 20.8 Å². The summed E-state index contributed by atoms with van der Waals surface area (Å²) in [6.45, 7) is 7.89. The summed E-state index contributed by atoms with van der Waals surface area (Å²) in [5.41, 5.74) is 3.64. The van der Waals surface area contributed by atoms with Crippen LogP contribution in [-0.2, 0) is 11.2 Å². The van der Waals surface area contributed by atoms with Crippen LogP contribution in [0.1, 0.15) is 50.3 Å². The maximum absolute atomic E-state index is 11.5. The van der Waals surface area contributed by atoms with Gasteiger partial charge in [-0.25, -0.2) is 0 Å². The summed E-state index contributed by atoms with van der Waals surface area (Å²) in [5.74, 6) is -0.355. The third-order valence-corrected chi connectivity index (χ3v) is 6.09. The van der Waals surface area contributed by atoms with E-state index < -0.39 is 10.7 Å². The number of rotatable bonds is 6. The highest BCUT2D eigenvalue weighted by atomic mass is 32.2. The zero-order valence-electron chi connectivity index (χ0n) is 16.2. The van der Waals surface area contributed by atoms with Crippen LogP contribution in [0.25, 0.3) is 10.8 Å². The number of aliphatic carboxylic acids is 1. The Morgan fingerprint density at radius 1 is 1.07 bits per heavy atom. The van der Waals surface area contributed by atoms with Crippen molar-refractivity contribution in [3.63, 3.8) is 0 Å². The molecule has 0 saturated carbocycles. The van der Waals surface area contributed by atoms with Gasteiger partial charge in [-0.15, -0.1) is 11.8 Å². The second-order valence-electron chi connectivity index (χ2n) is 7.59. The summed E-state index contributed by atoms with van der Waals surface area (Å²) in [5, 5.41) is 12.0. The molecule has 0 unspecified atom stereocenters. The standard InChI is InChI=1S/C23H25NO2S/c1-15(2)18-10-9-16(19-7-5-6-8-20(18)19)13-17-14-24-12-11-21(17)27-23(3,4)22(25)26/h5-12,14-15H,13H2,1-4H3,(H,25,26). The second kappa shape index (κ2) is 7.73.